The summed E-state index contributed by atoms with van der Waals surface area (Å²) in [4.78, 5) is 0. The van der Waals surface area contributed by atoms with Crippen LogP contribution in [-0.4, -0.2) is 23.9 Å². The van der Waals surface area contributed by atoms with Gasteiger partial charge in [-0.15, -0.1) is 0 Å². The molecule has 0 bridgehead atoms. The summed E-state index contributed by atoms with van der Waals surface area (Å²) < 4.78 is 20.0. The molecule has 5 heteroatoms. The lowest BCUT2D eigenvalue weighted by Gasteiger charge is -2.17. The van der Waals surface area contributed by atoms with Crippen molar-refractivity contribution >= 4 is 8.69 Å². The minimum absolute atomic E-state index is 0.288. The van der Waals surface area contributed by atoms with Crippen molar-refractivity contribution in [2.24, 2.45) is 0 Å². The Bertz CT molecular complexity index is 343. The molecular formula is C12H17O4P. The van der Waals surface area contributed by atoms with Gasteiger partial charge in [0.05, 0.1) is 12.2 Å². The SMILES string of the molecule is CC(C)(O)Cc1ccc(OCCOP=O)cc1. The van der Waals surface area contributed by atoms with E-state index in [-0.39, 0.29) is 15.3 Å². The molecule has 4 nitrogen and oxygen atoms in total. The van der Waals surface area contributed by atoms with Crippen LogP contribution in [-0.2, 0) is 15.5 Å². The number of hydrogen-bond acceptors (Lipinski definition) is 4. The van der Waals surface area contributed by atoms with E-state index in [1.165, 1.54) is 0 Å². The molecule has 0 aliphatic heterocycles. The Hall–Kier alpha value is -0.960. The molecule has 0 aromatic heterocycles. The summed E-state index contributed by atoms with van der Waals surface area (Å²) in [7, 11) is -0.327. The summed E-state index contributed by atoms with van der Waals surface area (Å²) in [5.41, 5.74) is 0.350. The Balaban J connectivity index is 2.42. The standard InChI is InChI=1S/C12H17O4P/c1-12(2,13)9-10-3-5-11(6-4-10)15-7-8-16-17-14/h3-6,13H,7-9H2,1-2H3. The third-order valence-corrected chi connectivity index (χ3v) is 2.34. The molecule has 0 fully saturated rings. The van der Waals surface area contributed by atoms with Crippen molar-refractivity contribution in [1.82, 2.24) is 0 Å². The van der Waals surface area contributed by atoms with Crippen LogP contribution in [0.4, 0.5) is 0 Å². The molecule has 0 saturated heterocycles. The van der Waals surface area contributed by atoms with E-state index in [0.29, 0.717) is 13.0 Å². The van der Waals surface area contributed by atoms with Gasteiger partial charge in [0, 0.05) is 6.42 Å². The molecule has 0 spiro atoms. The number of aliphatic hydroxyl groups is 1. The Morgan fingerprint density at radius 2 is 1.88 bits per heavy atom. The minimum Gasteiger partial charge on any atom is -0.491 e. The second-order valence-corrected chi connectivity index (χ2v) is 4.80. The Morgan fingerprint density at radius 3 is 2.41 bits per heavy atom. The fourth-order valence-corrected chi connectivity index (χ4v) is 1.59. The van der Waals surface area contributed by atoms with Crippen LogP contribution in [0.2, 0.25) is 0 Å². The zero-order valence-electron chi connectivity index (χ0n) is 10.0. The van der Waals surface area contributed by atoms with Crippen LogP contribution in [0.25, 0.3) is 0 Å². The fourth-order valence-electron chi connectivity index (χ4n) is 1.44. The maximum absolute atomic E-state index is 9.99. The molecule has 0 aliphatic carbocycles. The number of benzene rings is 1. The van der Waals surface area contributed by atoms with Crippen molar-refractivity contribution in [1.29, 1.82) is 0 Å². The second kappa shape index (κ2) is 6.70. The fraction of sp³-hybridized carbons (Fsp3) is 0.500. The van der Waals surface area contributed by atoms with Crippen molar-refractivity contribution in [3.05, 3.63) is 29.8 Å². The Kier molecular flexibility index (Phi) is 5.56. The normalized spacial score (nSPS) is 11.7. The van der Waals surface area contributed by atoms with Crippen LogP contribution in [0.1, 0.15) is 19.4 Å². The van der Waals surface area contributed by atoms with Gasteiger partial charge in [-0.05, 0) is 31.5 Å². The minimum atomic E-state index is -0.705. The van der Waals surface area contributed by atoms with E-state index in [4.69, 9.17) is 4.74 Å². The molecule has 1 aromatic rings. The molecule has 0 heterocycles. The molecule has 94 valence electrons. The van der Waals surface area contributed by atoms with Crippen molar-refractivity contribution in [3.8, 4) is 5.75 Å². The molecule has 1 rings (SSSR count). The zero-order chi connectivity index (χ0) is 12.7. The summed E-state index contributed by atoms with van der Waals surface area (Å²) in [6, 6.07) is 7.52. The van der Waals surface area contributed by atoms with Gasteiger partial charge in [-0.1, -0.05) is 12.1 Å². The topological polar surface area (TPSA) is 55.8 Å². The van der Waals surface area contributed by atoms with Gasteiger partial charge in [0.15, 0.2) is 0 Å². The van der Waals surface area contributed by atoms with Crippen molar-refractivity contribution in [3.63, 3.8) is 0 Å². The molecule has 0 unspecified atom stereocenters. The summed E-state index contributed by atoms with van der Waals surface area (Å²) in [5.74, 6) is 0.732. The molecule has 17 heavy (non-hydrogen) atoms. The van der Waals surface area contributed by atoms with E-state index in [1.54, 1.807) is 13.8 Å². The van der Waals surface area contributed by atoms with E-state index >= 15 is 0 Å². The largest absolute Gasteiger partial charge is 0.491 e. The molecular weight excluding hydrogens is 239 g/mol. The predicted octanol–water partition coefficient (Wildman–Crippen LogP) is 2.60. The van der Waals surface area contributed by atoms with Gasteiger partial charge in [0.1, 0.15) is 12.4 Å². The average molecular weight is 256 g/mol. The van der Waals surface area contributed by atoms with E-state index in [9.17, 15) is 9.67 Å². The highest BCUT2D eigenvalue weighted by molar-refractivity contribution is 7.17. The van der Waals surface area contributed by atoms with E-state index < -0.39 is 5.60 Å². The monoisotopic (exact) mass is 256 g/mol. The van der Waals surface area contributed by atoms with Crippen LogP contribution >= 0.6 is 8.69 Å². The molecule has 1 aromatic carbocycles. The molecule has 0 aliphatic rings. The van der Waals surface area contributed by atoms with E-state index in [2.05, 4.69) is 4.52 Å². The van der Waals surface area contributed by atoms with Crippen LogP contribution in [0.5, 0.6) is 5.75 Å². The molecule has 0 radical (unpaired) electrons. The number of rotatable bonds is 7. The van der Waals surface area contributed by atoms with Crippen molar-refractivity contribution in [2.45, 2.75) is 25.9 Å². The Labute approximate surface area is 103 Å². The van der Waals surface area contributed by atoms with E-state index in [1.807, 2.05) is 24.3 Å². The molecule has 0 amide bonds. The smallest absolute Gasteiger partial charge is 0.327 e. The predicted molar refractivity (Wildman–Crippen MR) is 65.5 cm³/mol. The average Bonchev–Trinajstić information content (AvgIpc) is 2.25. The highest BCUT2D eigenvalue weighted by Crippen LogP contribution is 2.16. The van der Waals surface area contributed by atoms with Gasteiger partial charge in [-0.2, -0.15) is 0 Å². The number of ether oxygens (including phenoxy) is 1. The van der Waals surface area contributed by atoms with Crippen molar-refractivity contribution in [2.75, 3.05) is 13.2 Å². The van der Waals surface area contributed by atoms with Gasteiger partial charge in [-0.3, -0.25) is 4.52 Å². The molecule has 0 atom stereocenters. The van der Waals surface area contributed by atoms with E-state index in [0.717, 1.165) is 11.3 Å². The van der Waals surface area contributed by atoms with Crippen LogP contribution in [0, 0.1) is 0 Å². The third kappa shape index (κ3) is 6.37. The lowest BCUT2D eigenvalue weighted by molar-refractivity contribution is 0.0810. The molecule has 0 saturated carbocycles. The second-order valence-electron chi connectivity index (χ2n) is 4.39. The first kappa shape index (κ1) is 14.1. The third-order valence-electron chi connectivity index (χ3n) is 2.06. The van der Waals surface area contributed by atoms with Crippen LogP contribution in [0.3, 0.4) is 0 Å². The van der Waals surface area contributed by atoms with Gasteiger partial charge in [0.25, 0.3) is 0 Å². The van der Waals surface area contributed by atoms with Gasteiger partial charge < -0.3 is 9.84 Å². The summed E-state index contributed by atoms with van der Waals surface area (Å²) >= 11 is 0. The lowest BCUT2D eigenvalue weighted by atomic mass is 9.99. The summed E-state index contributed by atoms with van der Waals surface area (Å²) in [5, 5.41) is 9.66. The Morgan fingerprint density at radius 1 is 1.24 bits per heavy atom. The first-order chi connectivity index (χ1) is 8.01. The lowest BCUT2D eigenvalue weighted by Crippen LogP contribution is -2.21. The molecule has 1 N–H and O–H groups in total. The van der Waals surface area contributed by atoms with Crippen LogP contribution in [0.15, 0.2) is 24.3 Å². The highest BCUT2D eigenvalue weighted by Gasteiger charge is 2.12. The number of hydrogen-bond donors (Lipinski definition) is 1. The highest BCUT2D eigenvalue weighted by atomic mass is 31.1. The zero-order valence-corrected chi connectivity index (χ0v) is 10.9. The van der Waals surface area contributed by atoms with Crippen LogP contribution < -0.4 is 4.74 Å². The maximum atomic E-state index is 9.99. The summed E-state index contributed by atoms with van der Waals surface area (Å²) in [6.07, 6.45) is 0.603. The first-order valence-corrected chi connectivity index (χ1v) is 6.13. The maximum Gasteiger partial charge on any atom is 0.327 e. The van der Waals surface area contributed by atoms with Crippen molar-refractivity contribution < 1.29 is 18.9 Å². The van der Waals surface area contributed by atoms with Gasteiger partial charge in [-0.25, -0.2) is 4.57 Å². The van der Waals surface area contributed by atoms with Gasteiger partial charge in [0.2, 0.25) is 0 Å². The van der Waals surface area contributed by atoms with Gasteiger partial charge >= 0.3 is 8.69 Å². The quantitative estimate of drug-likeness (QED) is 0.601. The first-order valence-electron chi connectivity index (χ1n) is 5.40. The summed E-state index contributed by atoms with van der Waals surface area (Å²) in [6.45, 7) is 4.20.